The second-order valence-electron chi connectivity index (χ2n) is 3.30. The summed E-state index contributed by atoms with van der Waals surface area (Å²) in [5, 5.41) is 6.55. The molecule has 0 bridgehead atoms. The van der Waals surface area contributed by atoms with Crippen molar-refractivity contribution in [3.8, 4) is 0 Å². The summed E-state index contributed by atoms with van der Waals surface area (Å²) in [6, 6.07) is 0. The molecule has 5 nitrogen and oxygen atoms in total. The predicted molar refractivity (Wildman–Crippen MR) is 65.6 cm³/mol. The maximum absolute atomic E-state index is 5.46. The average Bonchev–Trinajstić information content (AvgIpc) is 2.26. The molecule has 0 amide bonds. The Morgan fingerprint density at radius 1 is 0.933 bits per heavy atom. The zero-order valence-electron chi connectivity index (χ0n) is 9.54. The van der Waals surface area contributed by atoms with Crippen LogP contribution in [0.2, 0.25) is 0 Å². The van der Waals surface area contributed by atoms with Gasteiger partial charge in [0.05, 0.1) is 0 Å². The highest BCUT2D eigenvalue weighted by molar-refractivity contribution is 4.71. The van der Waals surface area contributed by atoms with E-state index in [0.29, 0.717) is 13.1 Å². The Hall–Kier alpha value is -0.620. The SMILES string of the molecule is C=CN(CCN)CCNCCNCCN. The van der Waals surface area contributed by atoms with Crippen LogP contribution in [0.3, 0.4) is 0 Å². The van der Waals surface area contributed by atoms with Crippen LogP contribution in [0.15, 0.2) is 12.8 Å². The zero-order valence-corrected chi connectivity index (χ0v) is 9.54. The van der Waals surface area contributed by atoms with Gasteiger partial charge >= 0.3 is 0 Å². The van der Waals surface area contributed by atoms with Gasteiger partial charge in [0.2, 0.25) is 0 Å². The maximum Gasteiger partial charge on any atom is 0.0298 e. The molecule has 0 radical (unpaired) electrons. The number of nitrogens with two attached hydrogens (primary N) is 2. The summed E-state index contributed by atoms with van der Waals surface area (Å²) < 4.78 is 0. The van der Waals surface area contributed by atoms with Crippen molar-refractivity contribution in [2.75, 3.05) is 52.4 Å². The zero-order chi connectivity index (χ0) is 11.4. The first-order chi connectivity index (χ1) is 7.35. The first kappa shape index (κ1) is 14.4. The highest BCUT2D eigenvalue weighted by Crippen LogP contribution is 1.84. The Labute approximate surface area is 92.9 Å². The van der Waals surface area contributed by atoms with Crippen LogP contribution in [-0.4, -0.2) is 57.3 Å². The Bertz CT molecular complexity index is 140. The second-order valence-corrected chi connectivity index (χ2v) is 3.30. The summed E-state index contributed by atoms with van der Waals surface area (Å²) in [4.78, 5) is 2.11. The number of hydrogen-bond acceptors (Lipinski definition) is 5. The van der Waals surface area contributed by atoms with Crippen LogP contribution in [0.1, 0.15) is 0 Å². The molecule has 0 aliphatic rings. The number of nitrogens with one attached hydrogen (secondary N) is 2. The third-order valence-electron chi connectivity index (χ3n) is 2.05. The third kappa shape index (κ3) is 9.68. The van der Waals surface area contributed by atoms with Gasteiger partial charge in [-0.05, 0) is 6.20 Å². The largest absolute Gasteiger partial charge is 0.375 e. The summed E-state index contributed by atoms with van der Waals surface area (Å²) in [6.45, 7) is 10.7. The maximum atomic E-state index is 5.46. The fourth-order valence-electron chi connectivity index (χ4n) is 1.21. The van der Waals surface area contributed by atoms with E-state index in [1.54, 1.807) is 0 Å². The van der Waals surface area contributed by atoms with Crippen molar-refractivity contribution >= 4 is 0 Å². The Morgan fingerprint density at radius 2 is 1.60 bits per heavy atom. The molecule has 0 aromatic rings. The molecule has 0 saturated carbocycles. The van der Waals surface area contributed by atoms with Crippen molar-refractivity contribution < 1.29 is 0 Å². The minimum Gasteiger partial charge on any atom is -0.375 e. The third-order valence-corrected chi connectivity index (χ3v) is 2.05. The lowest BCUT2D eigenvalue weighted by molar-refractivity contribution is 0.380. The lowest BCUT2D eigenvalue weighted by Gasteiger charge is -2.19. The van der Waals surface area contributed by atoms with E-state index in [1.165, 1.54) is 0 Å². The van der Waals surface area contributed by atoms with Crippen molar-refractivity contribution in [2.45, 2.75) is 0 Å². The van der Waals surface area contributed by atoms with E-state index in [0.717, 1.165) is 39.3 Å². The monoisotopic (exact) mass is 215 g/mol. The van der Waals surface area contributed by atoms with Gasteiger partial charge < -0.3 is 27.0 Å². The van der Waals surface area contributed by atoms with Gasteiger partial charge in [0, 0.05) is 52.4 Å². The molecule has 90 valence electrons. The molecular weight excluding hydrogens is 190 g/mol. The summed E-state index contributed by atoms with van der Waals surface area (Å²) in [7, 11) is 0. The van der Waals surface area contributed by atoms with Crippen LogP contribution in [0, 0.1) is 0 Å². The van der Waals surface area contributed by atoms with Gasteiger partial charge in [0.1, 0.15) is 0 Å². The molecule has 0 spiro atoms. The van der Waals surface area contributed by atoms with E-state index in [-0.39, 0.29) is 0 Å². The van der Waals surface area contributed by atoms with Crippen LogP contribution in [0.5, 0.6) is 0 Å². The van der Waals surface area contributed by atoms with Crippen LogP contribution < -0.4 is 22.1 Å². The fraction of sp³-hybridized carbons (Fsp3) is 0.800. The van der Waals surface area contributed by atoms with Crippen molar-refractivity contribution in [2.24, 2.45) is 11.5 Å². The van der Waals surface area contributed by atoms with Crippen molar-refractivity contribution in [3.05, 3.63) is 12.8 Å². The topological polar surface area (TPSA) is 79.3 Å². The van der Waals surface area contributed by atoms with Gasteiger partial charge in [-0.15, -0.1) is 0 Å². The molecule has 0 unspecified atom stereocenters. The van der Waals surface area contributed by atoms with Gasteiger partial charge in [-0.2, -0.15) is 0 Å². The minimum atomic E-state index is 0.671. The van der Waals surface area contributed by atoms with Crippen LogP contribution in [0.25, 0.3) is 0 Å². The lowest BCUT2D eigenvalue weighted by Crippen LogP contribution is -2.35. The smallest absolute Gasteiger partial charge is 0.0298 e. The first-order valence-electron chi connectivity index (χ1n) is 5.53. The van der Waals surface area contributed by atoms with E-state index < -0.39 is 0 Å². The molecule has 0 aliphatic carbocycles. The van der Waals surface area contributed by atoms with Crippen molar-refractivity contribution in [3.63, 3.8) is 0 Å². The highest BCUT2D eigenvalue weighted by atomic mass is 15.1. The van der Waals surface area contributed by atoms with Gasteiger partial charge in [-0.25, -0.2) is 0 Å². The summed E-state index contributed by atoms with van der Waals surface area (Å²) in [6.07, 6.45) is 1.83. The molecule has 0 aromatic carbocycles. The van der Waals surface area contributed by atoms with Gasteiger partial charge in [0.15, 0.2) is 0 Å². The molecular formula is C10H25N5. The van der Waals surface area contributed by atoms with E-state index >= 15 is 0 Å². The highest BCUT2D eigenvalue weighted by Gasteiger charge is 1.95. The normalized spacial score (nSPS) is 10.3. The molecule has 0 fully saturated rings. The molecule has 6 N–H and O–H groups in total. The molecule has 0 heterocycles. The Kier molecular flexibility index (Phi) is 11.0. The average molecular weight is 215 g/mol. The van der Waals surface area contributed by atoms with Crippen molar-refractivity contribution in [1.29, 1.82) is 0 Å². The molecule has 5 heteroatoms. The van der Waals surface area contributed by atoms with Crippen LogP contribution in [0.4, 0.5) is 0 Å². The minimum absolute atomic E-state index is 0.671. The fourth-order valence-corrected chi connectivity index (χ4v) is 1.21. The van der Waals surface area contributed by atoms with E-state index in [9.17, 15) is 0 Å². The van der Waals surface area contributed by atoms with Gasteiger partial charge in [-0.3, -0.25) is 0 Å². The second kappa shape index (κ2) is 11.5. The molecule has 0 saturated heterocycles. The number of nitrogens with zero attached hydrogens (tertiary/aromatic N) is 1. The Balaban J connectivity index is 3.17. The summed E-state index contributed by atoms with van der Waals surface area (Å²) in [5.41, 5.74) is 10.8. The quantitative estimate of drug-likeness (QED) is 0.316. The van der Waals surface area contributed by atoms with Crippen LogP contribution >= 0.6 is 0 Å². The molecule has 0 atom stereocenters. The predicted octanol–water partition coefficient (Wildman–Crippen LogP) is -1.47. The molecule has 0 aliphatic heterocycles. The van der Waals surface area contributed by atoms with Crippen molar-refractivity contribution in [1.82, 2.24) is 15.5 Å². The number of hydrogen-bond donors (Lipinski definition) is 4. The van der Waals surface area contributed by atoms with Crippen LogP contribution in [-0.2, 0) is 0 Å². The first-order valence-corrected chi connectivity index (χ1v) is 5.53. The van der Waals surface area contributed by atoms with Gasteiger partial charge in [-0.1, -0.05) is 6.58 Å². The Morgan fingerprint density at radius 3 is 2.13 bits per heavy atom. The number of rotatable bonds is 11. The molecule has 0 rings (SSSR count). The molecule has 15 heavy (non-hydrogen) atoms. The summed E-state index contributed by atoms with van der Waals surface area (Å²) in [5.74, 6) is 0. The van der Waals surface area contributed by atoms with E-state index in [4.69, 9.17) is 11.5 Å². The van der Waals surface area contributed by atoms with E-state index in [1.807, 2.05) is 6.20 Å². The van der Waals surface area contributed by atoms with Gasteiger partial charge in [0.25, 0.3) is 0 Å². The lowest BCUT2D eigenvalue weighted by atomic mass is 10.4. The summed E-state index contributed by atoms with van der Waals surface area (Å²) >= 11 is 0. The standard InChI is InChI=1S/C10H25N5/c1-2-15(9-4-12)10-8-14-7-6-13-5-3-11/h2,13-14H,1,3-12H2. The molecule has 0 aromatic heterocycles. The van der Waals surface area contributed by atoms with E-state index in [2.05, 4.69) is 22.1 Å².